The molecule has 0 saturated carbocycles. The third-order valence-corrected chi connectivity index (χ3v) is 5.32. The van der Waals surface area contributed by atoms with Crippen LogP contribution >= 0.6 is 11.6 Å². The highest BCUT2D eigenvalue weighted by Crippen LogP contribution is 2.19. The number of nitrogens with zero attached hydrogens (tertiary/aromatic N) is 3. The maximum absolute atomic E-state index is 13.8. The maximum atomic E-state index is 13.8. The van der Waals surface area contributed by atoms with Crippen LogP contribution in [0.3, 0.4) is 0 Å². The van der Waals surface area contributed by atoms with Gasteiger partial charge in [0.25, 0.3) is 15.9 Å². The number of aromatic nitrogens is 2. The van der Waals surface area contributed by atoms with Crippen LogP contribution in [0.5, 0.6) is 0 Å². The van der Waals surface area contributed by atoms with Crippen LogP contribution in [0.4, 0.5) is 10.2 Å². The van der Waals surface area contributed by atoms with E-state index in [0.29, 0.717) is 5.82 Å². The summed E-state index contributed by atoms with van der Waals surface area (Å²) in [5.41, 5.74) is -0.180. The van der Waals surface area contributed by atoms with Gasteiger partial charge in [-0.2, -0.15) is 0 Å². The molecule has 10 heteroatoms. The number of carbonyl (C=O) groups excluding carboxylic acids is 1. The average molecular weight is 385 g/mol. The lowest BCUT2D eigenvalue weighted by atomic mass is 10.3. The van der Waals surface area contributed by atoms with Crippen LogP contribution in [0.15, 0.2) is 35.2 Å². The second-order valence-corrected chi connectivity index (χ2v) is 7.57. The number of sulfonamides is 1. The van der Waals surface area contributed by atoms with Crippen molar-refractivity contribution in [2.75, 3.05) is 18.0 Å². The van der Waals surface area contributed by atoms with E-state index >= 15 is 0 Å². The fourth-order valence-corrected chi connectivity index (χ4v) is 3.66. The zero-order valence-corrected chi connectivity index (χ0v) is 14.5. The van der Waals surface area contributed by atoms with Crippen molar-refractivity contribution in [2.45, 2.75) is 17.7 Å². The molecule has 1 amide bonds. The van der Waals surface area contributed by atoms with E-state index in [9.17, 15) is 17.6 Å². The quantitative estimate of drug-likeness (QED) is 0.866. The van der Waals surface area contributed by atoms with Crippen molar-refractivity contribution in [1.29, 1.82) is 0 Å². The lowest BCUT2D eigenvalue weighted by molar-refractivity contribution is 0.0975. The normalized spacial score (nSPS) is 14.6. The van der Waals surface area contributed by atoms with Crippen molar-refractivity contribution in [3.8, 4) is 0 Å². The first-order valence-electron chi connectivity index (χ1n) is 7.48. The van der Waals surface area contributed by atoms with Crippen LogP contribution in [-0.4, -0.2) is 37.6 Å². The van der Waals surface area contributed by atoms with E-state index in [2.05, 4.69) is 10.2 Å². The molecule has 0 atom stereocenters. The predicted molar refractivity (Wildman–Crippen MR) is 89.5 cm³/mol. The van der Waals surface area contributed by atoms with Crippen molar-refractivity contribution >= 4 is 33.3 Å². The molecule has 0 aliphatic carbocycles. The summed E-state index contributed by atoms with van der Waals surface area (Å²) in [7, 11) is -4.39. The predicted octanol–water partition coefficient (Wildman–Crippen LogP) is 1.99. The first kappa shape index (κ1) is 17.6. The third-order valence-electron chi connectivity index (χ3n) is 3.72. The van der Waals surface area contributed by atoms with E-state index in [-0.39, 0.29) is 10.7 Å². The molecule has 0 radical (unpaired) electrons. The summed E-state index contributed by atoms with van der Waals surface area (Å²) in [4.78, 5) is 13.4. The average Bonchev–Trinajstić information content (AvgIpc) is 3.08. The minimum Gasteiger partial charge on any atom is -0.355 e. The van der Waals surface area contributed by atoms with Crippen LogP contribution < -0.4 is 9.62 Å². The number of hydrogen-bond donors (Lipinski definition) is 1. The van der Waals surface area contributed by atoms with Gasteiger partial charge in [0, 0.05) is 18.1 Å². The van der Waals surface area contributed by atoms with Crippen LogP contribution in [-0.2, 0) is 10.0 Å². The van der Waals surface area contributed by atoms with Gasteiger partial charge in [-0.1, -0.05) is 11.6 Å². The van der Waals surface area contributed by atoms with Gasteiger partial charge >= 0.3 is 0 Å². The molecule has 1 aromatic heterocycles. The highest BCUT2D eigenvalue weighted by atomic mass is 35.5. The van der Waals surface area contributed by atoms with Crippen LogP contribution in [0.1, 0.15) is 23.3 Å². The molecular weight excluding hydrogens is 371 g/mol. The van der Waals surface area contributed by atoms with Crippen molar-refractivity contribution in [2.24, 2.45) is 0 Å². The van der Waals surface area contributed by atoms with Crippen LogP contribution in [0.25, 0.3) is 0 Å². The van der Waals surface area contributed by atoms with Gasteiger partial charge in [0.1, 0.15) is 10.7 Å². The van der Waals surface area contributed by atoms with Crippen molar-refractivity contribution < 1.29 is 17.6 Å². The lowest BCUT2D eigenvalue weighted by Gasteiger charge is -2.15. The van der Waals surface area contributed by atoms with E-state index < -0.39 is 26.6 Å². The molecule has 1 aliphatic rings. The largest absolute Gasteiger partial charge is 0.355 e. The molecular formula is C15H14ClFN4O3S. The van der Waals surface area contributed by atoms with E-state index in [1.165, 1.54) is 12.1 Å². The van der Waals surface area contributed by atoms with E-state index in [4.69, 9.17) is 11.6 Å². The molecule has 1 fully saturated rings. The van der Waals surface area contributed by atoms with E-state index in [1.54, 1.807) is 10.8 Å². The highest BCUT2D eigenvalue weighted by molar-refractivity contribution is 7.90. The van der Waals surface area contributed by atoms with E-state index in [1.807, 2.05) is 4.90 Å². The Kier molecular flexibility index (Phi) is 4.87. The fraction of sp³-hybridized carbons (Fsp3) is 0.267. The van der Waals surface area contributed by atoms with Gasteiger partial charge in [-0.05, 0) is 43.2 Å². The molecule has 25 heavy (non-hydrogen) atoms. The van der Waals surface area contributed by atoms with Crippen LogP contribution in [0.2, 0.25) is 5.02 Å². The Bertz CT molecular complexity index is 899. The molecule has 132 valence electrons. The molecule has 2 heterocycles. The monoisotopic (exact) mass is 384 g/mol. The molecule has 2 aromatic rings. The molecule has 0 unspecified atom stereocenters. The topological polar surface area (TPSA) is 92.3 Å². The Balaban J connectivity index is 1.76. The maximum Gasteiger partial charge on any atom is 0.285 e. The summed E-state index contributed by atoms with van der Waals surface area (Å²) in [6.07, 6.45) is 2.13. The molecule has 7 nitrogen and oxygen atoms in total. The number of carbonyl (C=O) groups is 1. The summed E-state index contributed by atoms with van der Waals surface area (Å²) in [5.74, 6) is -1.42. The summed E-state index contributed by atoms with van der Waals surface area (Å²) in [6, 6.07) is 6.03. The number of anilines is 1. The number of rotatable bonds is 4. The molecule has 0 bridgehead atoms. The molecule has 1 aromatic carbocycles. The number of amides is 1. The number of hydrogen-bond acceptors (Lipinski definition) is 6. The zero-order valence-electron chi connectivity index (χ0n) is 12.9. The van der Waals surface area contributed by atoms with Gasteiger partial charge in [-0.15, -0.1) is 10.2 Å². The summed E-state index contributed by atoms with van der Waals surface area (Å²) >= 11 is 5.59. The second kappa shape index (κ2) is 6.93. The Morgan fingerprint density at radius 3 is 2.48 bits per heavy atom. The molecule has 1 N–H and O–H groups in total. The minimum absolute atomic E-state index is 0.0474. The fourth-order valence-electron chi connectivity index (χ4n) is 2.48. The summed E-state index contributed by atoms with van der Waals surface area (Å²) < 4.78 is 39.9. The summed E-state index contributed by atoms with van der Waals surface area (Å²) in [6.45, 7) is 1.73. The molecule has 1 aliphatic heterocycles. The molecule has 3 rings (SSSR count). The SMILES string of the molecule is O=C(NS(=O)(=O)c1ccc(Cl)cc1F)c1ccc(N2CCCC2)nn1. The van der Waals surface area contributed by atoms with Gasteiger partial charge in [0.05, 0.1) is 0 Å². The first-order chi connectivity index (χ1) is 11.9. The highest BCUT2D eigenvalue weighted by Gasteiger charge is 2.24. The smallest absolute Gasteiger partial charge is 0.285 e. The first-order valence-corrected chi connectivity index (χ1v) is 9.34. The Hall–Kier alpha value is -2.26. The third kappa shape index (κ3) is 3.88. The molecule has 1 saturated heterocycles. The van der Waals surface area contributed by atoms with Crippen molar-refractivity contribution in [1.82, 2.24) is 14.9 Å². The Morgan fingerprint density at radius 2 is 1.88 bits per heavy atom. The number of halogens is 2. The zero-order chi connectivity index (χ0) is 18.0. The van der Waals surface area contributed by atoms with Gasteiger partial charge in [0.2, 0.25) is 0 Å². The molecule has 0 spiro atoms. The summed E-state index contributed by atoms with van der Waals surface area (Å²) in [5, 5.41) is 7.74. The standard InChI is InChI=1S/C15H14ClFN4O3S/c16-10-3-5-13(11(17)9-10)25(23,24)20-15(22)12-4-6-14(19-18-12)21-7-1-2-8-21/h3-6,9H,1-2,7-8H2,(H,20,22). The lowest BCUT2D eigenvalue weighted by Crippen LogP contribution is -2.32. The second-order valence-electron chi connectivity index (χ2n) is 5.48. The van der Waals surface area contributed by atoms with Gasteiger partial charge in [0.15, 0.2) is 11.5 Å². The Morgan fingerprint density at radius 1 is 1.16 bits per heavy atom. The number of benzene rings is 1. The van der Waals surface area contributed by atoms with E-state index in [0.717, 1.165) is 38.1 Å². The van der Waals surface area contributed by atoms with Gasteiger partial charge in [-0.3, -0.25) is 4.79 Å². The minimum atomic E-state index is -4.39. The Labute approximate surface area is 148 Å². The van der Waals surface area contributed by atoms with Crippen LogP contribution in [0, 0.1) is 5.82 Å². The van der Waals surface area contributed by atoms with Crippen molar-refractivity contribution in [3.05, 3.63) is 46.9 Å². The van der Waals surface area contributed by atoms with Gasteiger partial charge in [-0.25, -0.2) is 17.5 Å². The number of nitrogens with one attached hydrogen (secondary N) is 1. The van der Waals surface area contributed by atoms with Gasteiger partial charge < -0.3 is 4.90 Å². The van der Waals surface area contributed by atoms with Crippen molar-refractivity contribution in [3.63, 3.8) is 0 Å².